The lowest BCUT2D eigenvalue weighted by Gasteiger charge is -2.41. The summed E-state index contributed by atoms with van der Waals surface area (Å²) in [6.07, 6.45) is 0.771. The topological polar surface area (TPSA) is 106 Å². The molecule has 1 aliphatic heterocycles. The number of rotatable bonds is 6. The summed E-state index contributed by atoms with van der Waals surface area (Å²) in [4.78, 5) is 6.81. The van der Waals surface area contributed by atoms with Crippen LogP contribution < -0.4 is 14.8 Å². The molecule has 0 atom stereocenters. The van der Waals surface area contributed by atoms with Gasteiger partial charge in [-0.2, -0.15) is 17.2 Å². The van der Waals surface area contributed by atoms with Crippen molar-refractivity contribution in [3.63, 3.8) is 0 Å². The van der Waals surface area contributed by atoms with Crippen LogP contribution in [0.1, 0.15) is 17.8 Å². The molecule has 0 aliphatic carbocycles. The second kappa shape index (κ2) is 6.43. The van der Waals surface area contributed by atoms with Gasteiger partial charge in [0.05, 0.1) is 7.11 Å². The third kappa shape index (κ3) is 3.42. The van der Waals surface area contributed by atoms with E-state index in [1.54, 1.807) is 11.6 Å². The lowest BCUT2D eigenvalue weighted by molar-refractivity contribution is 0.342. The Morgan fingerprint density at radius 2 is 2.08 bits per heavy atom. The average molecular weight is 368 g/mol. The van der Waals surface area contributed by atoms with Gasteiger partial charge in [-0.25, -0.2) is 10.1 Å². The molecule has 10 heteroatoms. The van der Waals surface area contributed by atoms with Gasteiger partial charge in [-0.3, -0.25) is 0 Å². The zero-order chi connectivity index (χ0) is 18.4. The maximum atomic E-state index is 11.2. The van der Waals surface area contributed by atoms with E-state index in [0.29, 0.717) is 24.2 Å². The highest BCUT2D eigenvalue weighted by Gasteiger charge is 2.31. The van der Waals surface area contributed by atoms with E-state index in [-0.39, 0.29) is 0 Å². The van der Waals surface area contributed by atoms with E-state index in [2.05, 4.69) is 15.0 Å². The molecule has 3 heterocycles. The lowest BCUT2D eigenvalue weighted by atomic mass is 9.96. The average Bonchev–Trinajstić information content (AvgIpc) is 2.80. The Balaban J connectivity index is 1.74. The number of anilines is 1. The highest BCUT2D eigenvalue weighted by Crippen LogP contribution is 2.33. The molecule has 0 amide bonds. The zero-order valence-corrected chi connectivity index (χ0v) is 15.7. The number of methoxy groups -OCH3 is 1. The van der Waals surface area contributed by atoms with Crippen molar-refractivity contribution < 1.29 is 13.2 Å². The molecule has 1 fully saturated rings. The molecule has 2 aromatic rings. The lowest BCUT2D eigenvalue weighted by Crippen LogP contribution is -2.49. The summed E-state index contributed by atoms with van der Waals surface area (Å²) in [6, 6.07) is 1.95. The first kappa shape index (κ1) is 17.9. The number of fused-ring (bicyclic) bond motifs is 1. The molecule has 0 spiro atoms. The molecule has 2 N–H and O–H groups in total. The predicted octanol–water partition coefficient (Wildman–Crippen LogP) is 0.316. The maximum absolute atomic E-state index is 11.2. The molecule has 0 radical (unpaired) electrons. The highest BCUT2D eigenvalue weighted by molar-refractivity contribution is 7.86. The number of aryl methyl sites for hydroxylation is 2. The first-order valence-electron chi connectivity index (χ1n) is 8.10. The van der Waals surface area contributed by atoms with Crippen LogP contribution in [0, 0.1) is 19.8 Å². The minimum absolute atomic E-state index is 0.414. The molecule has 0 unspecified atom stereocenters. The van der Waals surface area contributed by atoms with Gasteiger partial charge in [0.15, 0.2) is 5.82 Å². The largest absolute Gasteiger partial charge is 0.481 e. The summed E-state index contributed by atoms with van der Waals surface area (Å²) in [5.41, 5.74) is 2.01. The number of hydrogen-bond donors (Lipinski definition) is 1. The van der Waals surface area contributed by atoms with Gasteiger partial charge in [0.2, 0.25) is 5.88 Å². The van der Waals surface area contributed by atoms with Gasteiger partial charge in [0.25, 0.3) is 10.2 Å². The first-order valence-corrected chi connectivity index (χ1v) is 9.61. The van der Waals surface area contributed by atoms with Crippen molar-refractivity contribution in [3.8, 4) is 5.88 Å². The van der Waals surface area contributed by atoms with Crippen LogP contribution in [-0.4, -0.2) is 61.1 Å². The highest BCUT2D eigenvalue weighted by atomic mass is 32.2. The Kier molecular flexibility index (Phi) is 4.60. The number of nitrogens with two attached hydrogens (primary N) is 1. The van der Waals surface area contributed by atoms with Crippen molar-refractivity contribution in [3.05, 3.63) is 17.5 Å². The molecule has 138 valence electrons. The van der Waals surface area contributed by atoms with Gasteiger partial charge in [-0.1, -0.05) is 0 Å². The molecule has 2 aromatic heterocycles. The SMILES string of the molecule is COc1cc(C)c2c(N3CC(CCN(C)S(N)(=O)=O)C3)nc(C)nn12. The van der Waals surface area contributed by atoms with Crippen LogP contribution in [0.15, 0.2) is 6.07 Å². The van der Waals surface area contributed by atoms with E-state index in [4.69, 9.17) is 9.88 Å². The Labute approximate surface area is 147 Å². The Morgan fingerprint density at radius 3 is 2.68 bits per heavy atom. The summed E-state index contributed by atoms with van der Waals surface area (Å²) in [7, 11) is -0.482. The molecule has 1 aliphatic rings. The number of hydrogen-bond acceptors (Lipinski definition) is 6. The van der Waals surface area contributed by atoms with Gasteiger partial charge < -0.3 is 9.64 Å². The molecular weight excluding hydrogens is 344 g/mol. The van der Waals surface area contributed by atoms with Gasteiger partial charge in [-0.05, 0) is 31.7 Å². The van der Waals surface area contributed by atoms with Crippen LogP contribution >= 0.6 is 0 Å². The van der Waals surface area contributed by atoms with Gasteiger partial charge in [-0.15, -0.1) is 5.10 Å². The molecular formula is C15H24N6O3S. The van der Waals surface area contributed by atoms with Crippen molar-refractivity contribution in [1.82, 2.24) is 18.9 Å². The van der Waals surface area contributed by atoms with E-state index < -0.39 is 10.2 Å². The van der Waals surface area contributed by atoms with Crippen molar-refractivity contribution in [2.75, 3.05) is 38.7 Å². The van der Waals surface area contributed by atoms with E-state index in [9.17, 15) is 8.42 Å². The molecule has 25 heavy (non-hydrogen) atoms. The molecule has 1 saturated heterocycles. The van der Waals surface area contributed by atoms with E-state index >= 15 is 0 Å². The fraction of sp³-hybridized carbons (Fsp3) is 0.600. The second-order valence-electron chi connectivity index (χ2n) is 6.54. The second-order valence-corrected chi connectivity index (χ2v) is 8.19. The van der Waals surface area contributed by atoms with Crippen LogP contribution in [-0.2, 0) is 10.2 Å². The maximum Gasteiger partial charge on any atom is 0.276 e. The summed E-state index contributed by atoms with van der Waals surface area (Å²) in [5.74, 6) is 2.67. The van der Waals surface area contributed by atoms with Gasteiger partial charge in [0, 0.05) is 32.7 Å². The van der Waals surface area contributed by atoms with Crippen LogP contribution in [0.3, 0.4) is 0 Å². The zero-order valence-electron chi connectivity index (χ0n) is 14.9. The van der Waals surface area contributed by atoms with Crippen molar-refractivity contribution in [2.45, 2.75) is 20.3 Å². The molecule has 3 rings (SSSR count). The van der Waals surface area contributed by atoms with Crippen LogP contribution in [0.25, 0.3) is 5.52 Å². The van der Waals surface area contributed by atoms with Crippen molar-refractivity contribution >= 4 is 21.5 Å². The predicted molar refractivity (Wildman–Crippen MR) is 95.1 cm³/mol. The normalized spacial score (nSPS) is 15.8. The van der Waals surface area contributed by atoms with Crippen LogP contribution in [0.2, 0.25) is 0 Å². The van der Waals surface area contributed by atoms with Gasteiger partial charge >= 0.3 is 0 Å². The van der Waals surface area contributed by atoms with E-state index in [1.807, 2.05) is 19.9 Å². The standard InChI is InChI=1S/C15H24N6O3S/c1-10-7-13(24-4)21-14(10)15(17-11(2)18-21)20-8-12(9-20)5-6-19(3)25(16,22)23/h7,12H,5-6,8-9H2,1-4H3,(H2,16,22,23). The number of nitrogens with zero attached hydrogens (tertiary/aromatic N) is 5. The Hall–Kier alpha value is -1.91. The van der Waals surface area contributed by atoms with Crippen molar-refractivity contribution in [1.29, 1.82) is 0 Å². The van der Waals surface area contributed by atoms with Crippen molar-refractivity contribution in [2.24, 2.45) is 11.1 Å². The summed E-state index contributed by atoms with van der Waals surface area (Å²) in [6.45, 7) is 5.96. The summed E-state index contributed by atoms with van der Waals surface area (Å²) < 4.78 is 30.9. The third-order valence-electron chi connectivity index (χ3n) is 4.61. The minimum atomic E-state index is -3.61. The number of aromatic nitrogens is 3. The Morgan fingerprint density at radius 1 is 1.40 bits per heavy atom. The minimum Gasteiger partial charge on any atom is -0.481 e. The monoisotopic (exact) mass is 368 g/mol. The quantitative estimate of drug-likeness (QED) is 0.787. The smallest absolute Gasteiger partial charge is 0.276 e. The summed E-state index contributed by atoms with van der Waals surface area (Å²) >= 11 is 0. The fourth-order valence-corrected chi connectivity index (χ4v) is 3.48. The molecule has 0 aromatic carbocycles. The molecule has 0 saturated carbocycles. The third-order valence-corrected chi connectivity index (χ3v) is 5.66. The van der Waals surface area contributed by atoms with Gasteiger partial charge in [0.1, 0.15) is 11.3 Å². The van der Waals surface area contributed by atoms with Crippen LogP contribution in [0.4, 0.5) is 5.82 Å². The fourth-order valence-electron chi connectivity index (χ4n) is 3.12. The number of ether oxygens (including phenoxy) is 1. The van der Waals surface area contributed by atoms with Crippen LogP contribution in [0.5, 0.6) is 5.88 Å². The Bertz CT molecular complexity index is 888. The molecule has 0 bridgehead atoms. The van der Waals surface area contributed by atoms with E-state index in [1.165, 1.54) is 11.4 Å². The first-order chi connectivity index (χ1) is 11.7. The molecule has 9 nitrogen and oxygen atoms in total. The van der Waals surface area contributed by atoms with E-state index in [0.717, 1.165) is 36.4 Å². The summed E-state index contributed by atoms with van der Waals surface area (Å²) in [5, 5.41) is 9.55.